The van der Waals surface area contributed by atoms with Gasteiger partial charge in [0.15, 0.2) is 5.78 Å². The van der Waals surface area contributed by atoms with E-state index in [-0.39, 0.29) is 60.8 Å². The number of aliphatic hydroxyl groups excluding tert-OH is 1. The first-order valence-electron chi connectivity index (χ1n) is 4.74. The van der Waals surface area contributed by atoms with Crippen molar-refractivity contribution in [3.8, 4) is 0 Å². The van der Waals surface area contributed by atoms with Gasteiger partial charge in [-0.1, -0.05) is 20.3 Å². The third-order valence-electron chi connectivity index (χ3n) is 2.63. The molecule has 2 N–H and O–H groups in total. The number of hydrogen-bond acceptors (Lipinski definition) is 3. The molecule has 0 fully saturated rings. The van der Waals surface area contributed by atoms with Crippen LogP contribution < -0.4 is 5.32 Å². The molecule has 1 aliphatic rings. The number of carbonyl (C=O) groups excluding carboxylic acids is 2. The molecule has 0 aromatic rings. The number of Topliss-reactive ketones (excluding diaryl/α,β-unsaturated/α-hetero) is 1. The van der Waals surface area contributed by atoms with E-state index < -0.39 is 11.9 Å². The first-order chi connectivity index (χ1) is 6.49. The molecule has 1 aliphatic heterocycles. The number of aliphatic hydroxyl groups is 1. The van der Waals surface area contributed by atoms with E-state index in [2.05, 4.69) is 5.32 Å². The predicted molar refractivity (Wildman–Crippen MR) is 60.3 cm³/mol. The quantitative estimate of drug-likeness (QED) is 0.539. The van der Waals surface area contributed by atoms with Crippen molar-refractivity contribution in [2.24, 2.45) is 5.92 Å². The molecule has 2 unspecified atom stereocenters. The molecule has 5 heteroatoms. The molecule has 0 bridgehead atoms. The second kappa shape index (κ2) is 5.87. The molecule has 0 saturated carbocycles. The van der Waals surface area contributed by atoms with Gasteiger partial charge in [-0.15, -0.1) is 0 Å². The first-order valence-corrected chi connectivity index (χ1v) is 4.74. The molecule has 0 aromatic carbocycles. The number of hydrogen-bond donors (Lipinski definition) is 2. The van der Waals surface area contributed by atoms with E-state index in [0.717, 1.165) is 6.42 Å². The van der Waals surface area contributed by atoms with Crippen molar-refractivity contribution in [3.05, 3.63) is 11.3 Å². The Labute approximate surface area is 119 Å². The van der Waals surface area contributed by atoms with Gasteiger partial charge in [0.25, 0.3) is 5.91 Å². The second-order valence-electron chi connectivity index (χ2n) is 3.65. The molecule has 2 atom stereocenters. The average molecular weight is 239 g/mol. The van der Waals surface area contributed by atoms with Crippen LogP contribution in [0.4, 0.5) is 0 Å². The predicted octanol–water partition coefficient (Wildman–Crippen LogP) is 0.0158. The monoisotopic (exact) mass is 239 g/mol. The summed E-state index contributed by atoms with van der Waals surface area (Å²) < 4.78 is 0. The molecule has 0 saturated heterocycles. The molecule has 0 aromatic heterocycles. The fourth-order valence-electron chi connectivity index (χ4n) is 1.54. The van der Waals surface area contributed by atoms with Gasteiger partial charge in [0.2, 0.25) is 0 Å². The van der Waals surface area contributed by atoms with Crippen molar-refractivity contribution >= 4 is 49.4 Å². The Morgan fingerprint density at radius 1 is 1.60 bits per heavy atom. The Morgan fingerprint density at radius 2 is 2.13 bits per heavy atom. The van der Waals surface area contributed by atoms with Gasteiger partial charge in [0, 0.05) is 0 Å². The minimum absolute atomic E-state index is 0. The van der Waals surface area contributed by atoms with Crippen molar-refractivity contribution < 1.29 is 14.7 Å². The van der Waals surface area contributed by atoms with Crippen LogP contribution >= 0.6 is 0 Å². The summed E-state index contributed by atoms with van der Waals surface area (Å²) in [5.41, 5.74) is -0.0877. The SMILES string of the molecule is CCC(C)C1NC(=O)C(C(C)=O)=C1O.[CaH2]. The summed E-state index contributed by atoms with van der Waals surface area (Å²) in [6, 6.07) is -0.397. The standard InChI is InChI=1S/C10H15NO3.Ca.2H/c1-4-5(2)8-9(13)7(6(3)12)10(14)11-8;;;/h5,8,13H,4H2,1-3H3,(H,11,14);;;. The van der Waals surface area contributed by atoms with Gasteiger partial charge in [0.05, 0.1) is 6.04 Å². The van der Waals surface area contributed by atoms with Crippen molar-refractivity contribution in [2.45, 2.75) is 33.2 Å². The van der Waals surface area contributed by atoms with Crippen molar-refractivity contribution in [1.82, 2.24) is 5.32 Å². The summed E-state index contributed by atoms with van der Waals surface area (Å²) in [5.74, 6) is -0.807. The van der Waals surface area contributed by atoms with E-state index >= 15 is 0 Å². The molecule has 0 spiro atoms. The summed E-state index contributed by atoms with van der Waals surface area (Å²) in [5, 5.41) is 12.3. The van der Waals surface area contributed by atoms with Crippen LogP contribution in [0.3, 0.4) is 0 Å². The van der Waals surface area contributed by atoms with Gasteiger partial charge in [-0.3, -0.25) is 9.59 Å². The van der Waals surface area contributed by atoms with E-state index in [9.17, 15) is 14.7 Å². The third-order valence-corrected chi connectivity index (χ3v) is 2.63. The Kier molecular flexibility index (Phi) is 5.85. The van der Waals surface area contributed by atoms with Gasteiger partial charge in [-0.25, -0.2) is 0 Å². The van der Waals surface area contributed by atoms with Crippen LogP contribution in [0.1, 0.15) is 27.2 Å². The molecule has 82 valence electrons. The Hall–Kier alpha value is -0.0603. The van der Waals surface area contributed by atoms with E-state index in [0.29, 0.717) is 0 Å². The normalized spacial score (nSPS) is 22.1. The topological polar surface area (TPSA) is 66.4 Å². The van der Waals surface area contributed by atoms with Gasteiger partial charge in [-0.05, 0) is 12.8 Å². The van der Waals surface area contributed by atoms with Gasteiger partial charge in [0.1, 0.15) is 11.3 Å². The van der Waals surface area contributed by atoms with E-state index in [4.69, 9.17) is 0 Å². The average Bonchev–Trinajstić information content (AvgIpc) is 2.40. The van der Waals surface area contributed by atoms with Crippen LogP contribution in [-0.2, 0) is 9.59 Å². The van der Waals surface area contributed by atoms with E-state index in [1.165, 1.54) is 6.92 Å². The Bertz CT molecular complexity index is 312. The van der Waals surface area contributed by atoms with Crippen molar-refractivity contribution in [3.63, 3.8) is 0 Å². The third kappa shape index (κ3) is 2.95. The van der Waals surface area contributed by atoms with Gasteiger partial charge in [-0.2, -0.15) is 0 Å². The molecular weight excluding hydrogens is 222 g/mol. The number of rotatable bonds is 3. The first kappa shape index (κ1) is 14.9. The zero-order valence-electron chi connectivity index (χ0n) is 8.63. The molecule has 1 rings (SSSR count). The molecule has 4 nitrogen and oxygen atoms in total. The van der Waals surface area contributed by atoms with Gasteiger partial charge < -0.3 is 10.4 Å². The molecule has 0 radical (unpaired) electrons. The van der Waals surface area contributed by atoms with Crippen LogP contribution in [-0.4, -0.2) is 60.6 Å². The summed E-state index contributed by atoms with van der Waals surface area (Å²) in [4.78, 5) is 22.4. The fraction of sp³-hybridized carbons (Fsp3) is 0.600. The van der Waals surface area contributed by atoms with Gasteiger partial charge >= 0.3 is 37.7 Å². The summed E-state index contributed by atoms with van der Waals surface area (Å²) in [7, 11) is 0. The summed E-state index contributed by atoms with van der Waals surface area (Å²) in [6.45, 7) is 5.17. The Morgan fingerprint density at radius 3 is 2.47 bits per heavy atom. The number of nitrogens with one attached hydrogen (secondary N) is 1. The fourth-order valence-corrected chi connectivity index (χ4v) is 1.54. The molecular formula is C10H17CaNO3. The van der Waals surface area contributed by atoms with Crippen LogP contribution in [0, 0.1) is 5.92 Å². The molecule has 1 heterocycles. The van der Waals surface area contributed by atoms with Crippen LogP contribution in [0.25, 0.3) is 0 Å². The maximum absolute atomic E-state index is 11.3. The zero-order chi connectivity index (χ0) is 10.9. The Balaban J connectivity index is 0.00000196. The minimum atomic E-state index is -0.458. The van der Waals surface area contributed by atoms with Crippen molar-refractivity contribution in [1.29, 1.82) is 0 Å². The van der Waals surface area contributed by atoms with E-state index in [1.807, 2.05) is 13.8 Å². The van der Waals surface area contributed by atoms with Crippen LogP contribution in [0.5, 0.6) is 0 Å². The number of ketones is 1. The maximum atomic E-state index is 11.3. The zero-order valence-corrected chi connectivity index (χ0v) is 8.63. The number of carbonyl (C=O) groups is 2. The summed E-state index contributed by atoms with van der Waals surface area (Å²) >= 11 is 0. The number of amides is 1. The summed E-state index contributed by atoms with van der Waals surface area (Å²) in [6.07, 6.45) is 0.834. The van der Waals surface area contributed by atoms with Crippen LogP contribution in [0.2, 0.25) is 0 Å². The second-order valence-corrected chi connectivity index (χ2v) is 3.65. The molecule has 15 heavy (non-hydrogen) atoms. The van der Waals surface area contributed by atoms with Crippen LogP contribution in [0.15, 0.2) is 11.3 Å². The van der Waals surface area contributed by atoms with E-state index in [1.54, 1.807) is 0 Å². The molecule has 1 amide bonds. The molecule has 0 aliphatic carbocycles. The van der Waals surface area contributed by atoms with Crippen molar-refractivity contribution in [2.75, 3.05) is 0 Å².